The van der Waals surface area contributed by atoms with Crippen LogP contribution in [0, 0.1) is 0 Å². The molecule has 94 valence electrons. The monoisotopic (exact) mass is 296 g/mol. The topological polar surface area (TPSA) is 74.0 Å². The van der Waals surface area contributed by atoms with E-state index in [2.05, 4.69) is 5.10 Å². The highest BCUT2D eigenvalue weighted by atomic mass is 32.2. The fourth-order valence-electron chi connectivity index (χ4n) is 0.443. The summed E-state index contributed by atoms with van der Waals surface area (Å²) in [7, 11) is -4.14. The molecule has 11 heteroatoms. The summed E-state index contributed by atoms with van der Waals surface area (Å²) >= 11 is 3.39. The van der Waals surface area contributed by atoms with E-state index in [9.17, 15) is 13.2 Å². The van der Waals surface area contributed by atoms with Gasteiger partial charge in [0.25, 0.3) is 0 Å². The van der Waals surface area contributed by atoms with Gasteiger partial charge in [-0.25, -0.2) is 8.42 Å². The van der Waals surface area contributed by atoms with Gasteiger partial charge in [0.1, 0.15) is 0 Å². The third kappa shape index (κ3) is 5.09. The molecular formula is C5H7F3N2O3S3. The molecule has 0 aliphatic carbocycles. The molecule has 0 saturated heterocycles. The zero-order valence-corrected chi connectivity index (χ0v) is 10.5. The molecule has 0 amide bonds. The maximum atomic E-state index is 10.7. The molecular weight excluding hydrogens is 289 g/mol. The van der Waals surface area contributed by atoms with Gasteiger partial charge in [-0.05, 0) is 29.4 Å². The van der Waals surface area contributed by atoms with Gasteiger partial charge in [-0.1, -0.05) is 4.68 Å². The number of rotatable bonds is 1. The van der Waals surface area contributed by atoms with Crippen molar-refractivity contribution in [1.82, 2.24) is 5.10 Å². The van der Waals surface area contributed by atoms with Crippen LogP contribution in [0.1, 0.15) is 0 Å². The van der Waals surface area contributed by atoms with E-state index in [1.807, 2.05) is 23.5 Å². The normalized spacial score (nSPS) is 11.9. The van der Waals surface area contributed by atoms with Crippen molar-refractivity contribution in [2.75, 3.05) is 6.26 Å². The van der Waals surface area contributed by atoms with E-state index in [4.69, 9.17) is 13.0 Å². The van der Waals surface area contributed by atoms with Gasteiger partial charge in [0.05, 0.1) is 0 Å². The first kappa shape index (κ1) is 15.6. The van der Waals surface area contributed by atoms with Gasteiger partial charge in [-0.15, -0.1) is 0 Å². The summed E-state index contributed by atoms with van der Waals surface area (Å²) in [6.07, 6.45) is 2.05. The molecule has 0 spiro atoms. The standard InChI is InChI=1S/C4H7N2S2.CHF3O3S/c1-6-4(7-2)8-3-5-6;2-1(3,4)8(5,6)7/h3H,1-2H3;(H,5,6,7)/q+1;/p-1. The van der Waals surface area contributed by atoms with E-state index in [0.29, 0.717) is 0 Å². The summed E-state index contributed by atoms with van der Waals surface area (Å²) < 4.78 is 62.0. The van der Waals surface area contributed by atoms with Gasteiger partial charge in [0.15, 0.2) is 22.7 Å². The first-order chi connectivity index (χ1) is 7.09. The Hall–Kier alpha value is -0.390. The van der Waals surface area contributed by atoms with Gasteiger partial charge in [-0.2, -0.15) is 13.2 Å². The quantitative estimate of drug-likeness (QED) is 0.331. The Kier molecular flexibility index (Phi) is 5.65. The number of aryl methyl sites for hydroxylation is 1. The molecule has 0 unspecified atom stereocenters. The molecule has 0 bridgehead atoms. The number of halogens is 3. The summed E-state index contributed by atoms with van der Waals surface area (Å²) in [4.78, 5) is 0. The minimum atomic E-state index is -6.09. The zero-order chi connectivity index (χ0) is 13.0. The Morgan fingerprint density at radius 1 is 1.56 bits per heavy atom. The SMILES string of the molecule is CSc1scn[n+]1C.O=S(=O)([O-])C(F)(F)F. The van der Waals surface area contributed by atoms with Crippen LogP contribution in [0.15, 0.2) is 9.85 Å². The minimum Gasteiger partial charge on any atom is -0.741 e. The Morgan fingerprint density at radius 2 is 2.00 bits per heavy atom. The summed E-state index contributed by atoms with van der Waals surface area (Å²) in [5, 5.41) is 4.00. The van der Waals surface area contributed by atoms with Crippen molar-refractivity contribution in [1.29, 1.82) is 0 Å². The lowest BCUT2D eigenvalue weighted by Crippen LogP contribution is -2.30. The Morgan fingerprint density at radius 3 is 2.12 bits per heavy atom. The number of hydrogen-bond donors (Lipinski definition) is 0. The smallest absolute Gasteiger partial charge is 0.485 e. The van der Waals surface area contributed by atoms with Crippen molar-refractivity contribution in [2.24, 2.45) is 7.05 Å². The van der Waals surface area contributed by atoms with Crippen molar-refractivity contribution in [3.05, 3.63) is 5.51 Å². The average molecular weight is 296 g/mol. The fraction of sp³-hybridized carbons (Fsp3) is 0.600. The van der Waals surface area contributed by atoms with Gasteiger partial charge >= 0.3 is 9.85 Å². The van der Waals surface area contributed by atoms with E-state index in [0.717, 1.165) is 0 Å². The summed E-state index contributed by atoms with van der Waals surface area (Å²) in [5.74, 6) is 0. The molecule has 1 aromatic rings. The molecule has 0 aliphatic heterocycles. The molecule has 0 radical (unpaired) electrons. The van der Waals surface area contributed by atoms with Gasteiger partial charge in [-0.3, -0.25) is 0 Å². The van der Waals surface area contributed by atoms with Crippen molar-refractivity contribution in [3.63, 3.8) is 0 Å². The molecule has 0 aromatic carbocycles. The average Bonchev–Trinajstić information content (AvgIpc) is 2.48. The van der Waals surface area contributed by atoms with Crippen LogP contribution in [-0.4, -0.2) is 29.8 Å². The van der Waals surface area contributed by atoms with Crippen LogP contribution >= 0.6 is 23.1 Å². The molecule has 0 atom stereocenters. The molecule has 1 heterocycles. The summed E-state index contributed by atoms with van der Waals surface area (Å²) in [5.41, 5.74) is -3.81. The van der Waals surface area contributed by atoms with Crippen LogP contribution < -0.4 is 4.68 Å². The molecule has 1 aromatic heterocycles. The third-order valence-corrected chi connectivity index (χ3v) is 3.73. The molecule has 5 nitrogen and oxygen atoms in total. The number of nitrogens with zero attached hydrogens (tertiary/aromatic N) is 2. The van der Waals surface area contributed by atoms with Gasteiger partial charge in [0.2, 0.25) is 0 Å². The maximum absolute atomic E-state index is 10.7. The largest absolute Gasteiger partial charge is 0.741 e. The van der Waals surface area contributed by atoms with Crippen LogP contribution in [0.25, 0.3) is 0 Å². The highest BCUT2D eigenvalue weighted by Crippen LogP contribution is 2.20. The Labute approximate surface area is 98.0 Å². The number of aromatic nitrogens is 2. The van der Waals surface area contributed by atoms with Crippen LogP contribution in [-0.2, 0) is 17.2 Å². The number of alkyl halides is 3. The van der Waals surface area contributed by atoms with Crippen LogP contribution in [0.5, 0.6) is 0 Å². The zero-order valence-electron chi connectivity index (χ0n) is 8.06. The molecule has 0 N–H and O–H groups in total. The summed E-state index contributed by atoms with van der Waals surface area (Å²) in [6, 6.07) is 0. The Balaban J connectivity index is 0.000000281. The van der Waals surface area contributed by atoms with Crippen molar-refractivity contribution < 1.29 is 30.8 Å². The first-order valence-electron chi connectivity index (χ1n) is 3.45. The second-order valence-corrected chi connectivity index (χ2v) is 5.49. The minimum absolute atomic E-state index is 1.24. The highest BCUT2D eigenvalue weighted by Gasteiger charge is 2.36. The Bertz CT molecular complexity index is 428. The summed E-state index contributed by atoms with van der Waals surface area (Å²) in [6.45, 7) is 0. The molecule has 0 fully saturated rings. The van der Waals surface area contributed by atoms with Crippen LogP contribution in [0.3, 0.4) is 0 Å². The third-order valence-electron chi connectivity index (χ3n) is 1.10. The number of hydrogen-bond acceptors (Lipinski definition) is 6. The fourth-order valence-corrected chi connectivity index (χ4v) is 1.75. The maximum Gasteiger partial charge on any atom is 0.485 e. The lowest BCUT2D eigenvalue weighted by Gasteiger charge is -2.08. The molecule has 1 rings (SSSR count). The van der Waals surface area contributed by atoms with E-state index in [1.54, 1.807) is 23.1 Å². The first-order valence-corrected chi connectivity index (χ1v) is 6.96. The predicted octanol–water partition coefficient (Wildman–Crippen LogP) is 0.741. The second kappa shape index (κ2) is 5.80. The van der Waals surface area contributed by atoms with Crippen molar-refractivity contribution in [3.8, 4) is 0 Å². The van der Waals surface area contributed by atoms with Gasteiger partial charge in [0, 0.05) is 5.10 Å². The predicted molar refractivity (Wildman–Crippen MR) is 50.8 cm³/mol. The molecule has 0 aliphatic rings. The molecule has 16 heavy (non-hydrogen) atoms. The molecule has 0 saturated carbocycles. The highest BCUT2D eigenvalue weighted by molar-refractivity contribution is 8.00. The van der Waals surface area contributed by atoms with Crippen LogP contribution in [0.4, 0.5) is 13.2 Å². The van der Waals surface area contributed by atoms with E-state index >= 15 is 0 Å². The van der Waals surface area contributed by atoms with Crippen LogP contribution in [0.2, 0.25) is 0 Å². The van der Waals surface area contributed by atoms with E-state index in [1.165, 1.54) is 4.34 Å². The van der Waals surface area contributed by atoms with Crippen molar-refractivity contribution in [2.45, 2.75) is 9.85 Å². The van der Waals surface area contributed by atoms with Crippen molar-refractivity contribution >= 4 is 33.2 Å². The van der Waals surface area contributed by atoms with Gasteiger partial charge < -0.3 is 4.55 Å². The van der Waals surface area contributed by atoms with E-state index in [-0.39, 0.29) is 0 Å². The van der Waals surface area contributed by atoms with E-state index < -0.39 is 15.6 Å². The number of thioether (sulfide) groups is 1. The lowest BCUT2D eigenvalue weighted by atomic mass is 11.3. The lowest BCUT2D eigenvalue weighted by molar-refractivity contribution is -0.758. The second-order valence-electron chi connectivity index (χ2n) is 2.23.